The van der Waals surface area contributed by atoms with Crippen LogP contribution in [-0.2, 0) is 20.9 Å². The van der Waals surface area contributed by atoms with Gasteiger partial charge in [0.1, 0.15) is 18.9 Å². The number of rotatable bonds is 4. The first-order valence-electron chi connectivity index (χ1n) is 12.0. The van der Waals surface area contributed by atoms with Crippen molar-refractivity contribution in [1.82, 2.24) is 9.88 Å². The molecule has 33 heavy (non-hydrogen) atoms. The molecule has 2 unspecified atom stereocenters. The highest BCUT2D eigenvalue weighted by atomic mass is 16.5. The van der Waals surface area contributed by atoms with Crippen LogP contribution in [0.4, 0.5) is 0 Å². The summed E-state index contributed by atoms with van der Waals surface area (Å²) in [5, 5.41) is 0. The quantitative estimate of drug-likeness (QED) is 0.660. The second-order valence-electron chi connectivity index (χ2n) is 9.21. The number of aryl methyl sites for hydroxylation is 1. The van der Waals surface area contributed by atoms with Crippen molar-refractivity contribution in [2.75, 3.05) is 19.8 Å². The summed E-state index contributed by atoms with van der Waals surface area (Å²) >= 11 is 0. The number of aldehydes is 1. The Hall–Kier alpha value is -2.54. The lowest BCUT2D eigenvalue weighted by Crippen LogP contribution is -2.49. The Kier molecular flexibility index (Phi) is 6.85. The molecule has 6 nitrogen and oxygen atoms in total. The molecule has 4 aliphatic rings. The number of aromatic nitrogens is 1. The first-order chi connectivity index (χ1) is 16.2. The number of benzene rings is 1. The van der Waals surface area contributed by atoms with Crippen LogP contribution in [0, 0.1) is 6.92 Å². The van der Waals surface area contributed by atoms with Gasteiger partial charge in [0.05, 0.1) is 31.5 Å². The second kappa shape index (κ2) is 10.2. The van der Waals surface area contributed by atoms with Gasteiger partial charge in [-0.1, -0.05) is 36.4 Å². The van der Waals surface area contributed by atoms with Gasteiger partial charge < -0.3 is 19.0 Å². The predicted molar refractivity (Wildman–Crippen MR) is 126 cm³/mol. The lowest BCUT2D eigenvalue weighted by Gasteiger charge is -2.33. The van der Waals surface area contributed by atoms with E-state index < -0.39 is 0 Å². The van der Waals surface area contributed by atoms with Gasteiger partial charge in [0, 0.05) is 18.3 Å². The number of hydrogen-bond acceptors (Lipinski definition) is 6. The highest BCUT2D eigenvalue weighted by Crippen LogP contribution is 2.36. The molecular formula is C27H32N2O4. The van der Waals surface area contributed by atoms with Crippen molar-refractivity contribution in [2.45, 2.75) is 63.5 Å². The Morgan fingerprint density at radius 3 is 2.85 bits per heavy atom. The highest BCUT2D eigenvalue weighted by molar-refractivity contribution is 5.72. The van der Waals surface area contributed by atoms with Crippen LogP contribution in [-0.4, -0.2) is 60.2 Å². The minimum absolute atomic E-state index is 0.0140. The summed E-state index contributed by atoms with van der Waals surface area (Å²) in [6.07, 6.45) is 8.90. The van der Waals surface area contributed by atoms with Gasteiger partial charge in [-0.3, -0.25) is 4.90 Å². The fraction of sp³-hybridized carbons (Fsp3) is 0.481. The molecule has 4 atom stereocenters. The van der Waals surface area contributed by atoms with Crippen molar-refractivity contribution in [3.8, 4) is 5.88 Å². The van der Waals surface area contributed by atoms with E-state index in [2.05, 4.69) is 35.0 Å². The number of pyridine rings is 1. The molecule has 0 saturated carbocycles. The van der Waals surface area contributed by atoms with E-state index in [1.807, 2.05) is 24.3 Å². The van der Waals surface area contributed by atoms with Crippen molar-refractivity contribution >= 4 is 11.9 Å². The van der Waals surface area contributed by atoms with Crippen LogP contribution in [0.3, 0.4) is 0 Å². The van der Waals surface area contributed by atoms with Crippen molar-refractivity contribution in [1.29, 1.82) is 0 Å². The summed E-state index contributed by atoms with van der Waals surface area (Å²) < 4.78 is 19.0. The monoisotopic (exact) mass is 448 g/mol. The molecule has 3 aliphatic heterocycles. The van der Waals surface area contributed by atoms with E-state index in [1.165, 1.54) is 5.57 Å². The van der Waals surface area contributed by atoms with E-state index in [0.29, 0.717) is 19.1 Å². The molecular weight excluding hydrogens is 416 g/mol. The summed E-state index contributed by atoms with van der Waals surface area (Å²) in [7, 11) is 0. The Balaban J connectivity index is 1.39. The topological polar surface area (TPSA) is 60.9 Å². The lowest BCUT2D eigenvalue weighted by molar-refractivity contribution is -0.115. The number of fused-ring (bicyclic) bond motifs is 5. The van der Waals surface area contributed by atoms with Crippen LogP contribution in [0.15, 0.2) is 48.7 Å². The van der Waals surface area contributed by atoms with E-state index in [9.17, 15) is 4.79 Å². The maximum Gasteiger partial charge on any atom is 0.221 e. The van der Waals surface area contributed by atoms with Crippen LogP contribution in [0.1, 0.15) is 42.4 Å². The SMILES string of the molecule is Cc1ccnc2c1C1=CCC(CC1)OC[C@H]1[C@H](OCc3ccccc3)CCN1C(C=O)CO2. The zero-order valence-corrected chi connectivity index (χ0v) is 19.2. The molecule has 0 N–H and O–H groups in total. The Labute approximate surface area is 195 Å². The fourth-order valence-electron chi connectivity index (χ4n) is 5.27. The summed E-state index contributed by atoms with van der Waals surface area (Å²) in [5.41, 5.74) is 4.64. The van der Waals surface area contributed by atoms with Crippen LogP contribution < -0.4 is 4.74 Å². The number of ether oxygens (including phenoxy) is 3. The van der Waals surface area contributed by atoms with Gasteiger partial charge in [0.25, 0.3) is 0 Å². The van der Waals surface area contributed by atoms with Crippen LogP contribution in [0.2, 0.25) is 0 Å². The Bertz CT molecular complexity index is 993. The highest BCUT2D eigenvalue weighted by Gasteiger charge is 2.40. The maximum absolute atomic E-state index is 12.2. The third-order valence-corrected chi connectivity index (χ3v) is 7.12. The molecule has 6 heteroatoms. The number of nitrogens with zero attached hydrogens (tertiary/aromatic N) is 2. The van der Waals surface area contributed by atoms with E-state index in [1.54, 1.807) is 6.20 Å². The largest absolute Gasteiger partial charge is 0.475 e. The van der Waals surface area contributed by atoms with Crippen LogP contribution >= 0.6 is 0 Å². The van der Waals surface area contributed by atoms with Crippen molar-refractivity contribution in [2.24, 2.45) is 0 Å². The van der Waals surface area contributed by atoms with Gasteiger partial charge in [0.2, 0.25) is 5.88 Å². The first kappa shape index (κ1) is 22.3. The zero-order valence-electron chi connectivity index (χ0n) is 19.2. The molecule has 1 aliphatic carbocycles. The normalized spacial score (nSPS) is 27.8. The number of allylic oxidation sites excluding steroid dienone is 1. The molecule has 0 amide bonds. The van der Waals surface area contributed by atoms with Gasteiger partial charge >= 0.3 is 0 Å². The third-order valence-electron chi connectivity index (χ3n) is 7.12. The van der Waals surface area contributed by atoms with Gasteiger partial charge in [-0.2, -0.15) is 0 Å². The van der Waals surface area contributed by atoms with Gasteiger partial charge in [-0.25, -0.2) is 4.98 Å². The predicted octanol–water partition coefficient (Wildman–Crippen LogP) is 3.96. The van der Waals surface area contributed by atoms with E-state index in [-0.39, 0.29) is 30.9 Å². The molecule has 6 rings (SSSR count). The summed E-state index contributed by atoms with van der Waals surface area (Å²) in [5.74, 6) is 0.624. The molecule has 1 saturated heterocycles. The minimum atomic E-state index is -0.369. The Morgan fingerprint density at radius 1 is 1.18 bits per heavy atom. The van der Waals surface area contributed by atoms with Crippen molar-refractivity contribution in [3.63, 3.8) is 0 Å². The second-order valence-corrected chi connectivity index (χ2v) is 9.21. The van der Waals surface area contributed by atoms with E-state index >= 15 is 0 Å². The summed E-state index contributed by atoms with van der Waals surface area (Å²) in [4.78, 5) is 18.9. The molecule has 174 valence electrons. The molecule has 1 fully saturated rings. The number of carbonyl (C=O) groups is 1. The number of hydrogen-bond donors (Lipinski definition) is 0. The van der Waals surface area contributed by atoms with E-state index in [0.717, 1.165) is 55.2 Å². The first-order valence-corrected chi connectivity index (χ1v) is 12.0. The molecule has 0 radical (unpaired) electrons. The van der Waals surface area contributed by atoms with Gasteiger partial charge in [-0.05, 0) is 55.4 Å². The lowest BCUT2D eigenvalue weighted by atomic mass is 9.90. The molecule has 2 aromatic rings. The number of carbonyl (C=O) groups excluding carboxylic acids is 1. The van der Waals surface area contributed by atoms with Gasteiger partial charge in [-0.15, -0.1) is 0 Å². The van der Waals surface area contributed by atoms with Crippen LogP contribution in [0.5, 0.6) is 5.88 Å². The summed E-state index contributed by atoms with van der Waals surface area (Å²) in [6, 6.07) is 11.9. The molecule has 4 heterocycles. The minimum Gasteiger partial charge on any atom is -0.475 e. The average Bonchev–Trinajstić information content (AvgIpc) is 3.25. The van der Waals surface area contributed by atoms with Crippen molar-refractivity contribution in [3.05, 3.63) is 65.4 Å². The molecule has 1 aromatic carbocycles. The average molecular weight is 449 g/mol. The molecule has 0 spiro atoms. The smallest absolute Gasteiger partial charge is 0.221 e. The third kappa shape index (κ3) is 4.88. The fourth-order valence-corrected chi connectivity index (χ4v) is 5.27. The van der Waals surface area contributed by atoms with Gasteiger partial charge in [0.15, 0.2) is 0 Å². The molecule has 2 bridgehead atoms. The standard InChI is InChI=1S/C27H32N2O4/c1-19-11-13-28-27-26(19)21-7-9-23(10-8-21)31-18-24-25(32-16-20-5-3-2-4-6-20)12-14-29(24)22(15-30)17-33-27/h2-7,11,13,15,22-25H,8-10,12,14,16-18H2,1H3/t22?,23?,24-,25+/m0/s1. The summed E-state index contributed by atoms with van der Waals surface area (Å²) in [6.45, 7) is 4.26. The molecule has 1 aromatic heterocycles. The van der Waals surface area contributed by atoms with Crippen LogP contribution in [0.25, 0.3) is 5.57 Å². The zero-order chi connectivity index (χ0) is 22.6. The van der Waals surface area contributed by atoms with E-state index in [4.69, 9.17) is 14.2 Å². The maximum atomic E-state index is 12.2. The van der Waals surface area contributed by atoms with Crippen molar-refractivity contribution < 1.29 is 19.0 Å². The Morgan fingerprint density at radius 2 is 2.06 bits per heavy atom.